The van der Waals surface area contributed by atoms with Crippen molar-refractivity contribution in [3.63, 3.8) is 0 Å². The number of nitrogens with zero attached hydrogens (tertiary/aromatic N) is 4. The molecule has 0 atom stereocenters. The quantitative estimate of drug-likeness (QED) is 0.628. The second-order valence-electron chi connectivity index (χ2n) is 8.82. The molecule has 0 bridgehead atoms. The maximum absolute atomic E-state index is 12.6. The second kappa shape index (κ2) is 8.67. The van der Waals surface area contributed by atoms with Gasteiger partial charge in [-0.1, -0.05) is 12.1 Å². The Morgan fingerprint density at radius 1 is 1.12 bits per heavy atom. The van der Waals surface area contributed by atoms with E-state index in [0.717, 1.165) is 41.2 Å². The average molecular weight is 440 g/mol. The molecule has 0 spiro atoms. The number of carbonyl (C=O) groups excluding carboxylic acids is 1. The lowest BCUT2D eigenvalue weighted by atomic mass is 9.89. The minimum Gasteiger partial charge on any atom is -0.384 e. The number of aryl methyl sites for hydroxylation is 1. The minimum atomic E-state index is -0.302. The Hall–Kier alpha value is -3.71. The third-order valence-electron chi connectivity index (χ3n) is 6.48. The molecular formula is C26H27N6O. The molecule has 2 aliphatic heterocycles. The first-order chi connectivity index (χ1) is 16.0. The summed E-state index contributed by atoms with van der Waals surface area (Å²) in [7, 11) is 2.18. The minimum absolute atomic E-state index is 0.302. The zero-order valence-corrected chi connectivity index (χ0v) is 18.9. The van der Waals surface area contributed by atoms with E-state index in [0.29, 0.717) is 23.1 Å². The molecule has 0 unspecified atom stereocenters. The average Bonchev–Trinajstić information content (AvgIpc) is 2.80. The van der Waals surface area contributed by atoms with Crippen LogP contribution in [-0.2, 0) is 0 Å². The van der Waals surface area contributed by atoms with Gasteiger partial charge in [0.1, 0.15) is 11.6 Å². The van der Waals surface area contributed by atoms with E-state index >= 15 is 0 Å². The van der Waals surface area contributed by atoms with Crippen LogP contribution in [0.15, 0.2) is 48.8 Å². The highest BCUT2D eigenvalue weighted by Crippen LogP contribution is 2.33. The number of nitrogen functional groups attached to an aromatic ring is 1. The molecule has 7 nitrogen and oxygen atoms in total. The molecule has 3 aromatic rings. The van der Waals surface area contributed by atoms with Gasteiger partial charge in [0, 0.05) is 23.6 Å². The van der Waals surface area contributed by atoms with Gasteiger partial charge < -0.3 is 16.0 Å². The van der Waals surface area contributed by atoms with Gasteiger partial charge in [-0.25, -0.2) is 15.3 Å². The summed E-state index contributed by atoms with van der Waals surface area (Å²) in [6.45, 7) is 4.23. The molecule has 5 rings (SSSR count). The van der Waals surface area contributed by atoms with E-state index < -0.39 is 0 Å². The topological polar surface area (TPSA) is 98.2 Å². The van der Waals surface area contributed by atoms with Crippen molar-refractivity contribution < 1.29 is 4.79 Å². The van der Waals surface area contributed by atoms with Crippen molar-refractivity contribution in [2.24, 2.45) is 0 Å². The van der Waals surface area contributed by atoms with Gasteiger partial charge in [0.15, 0.2) is 0 Å². The molecule has 1 fully saturated rings. The third kappa shape index (κ3) is 4.32. The van der Waals surface area contributed by atoms with Crippen LogP contribution in [0.3, 0.4) is 0 Å². The van der Waals surface area contributed by atoms with Crippen molar-refractivity contribution in [2.75, 3.05) is 31.2 Å². The fraction of sp³-hybridized carbons (Fsp3) is 0.269. The first-order valence-corrected chi connectivity index (χ1v) is 11.2. The Morgan fingerprint density at radius 3 is 2.61 bits per heavy atom. The van der Waals surface area contributed by atoms with E-state index in [-0.39, 0.29) is 5.91 Å². The van der Waals surface area contributed by atoms with Crippen LogP contribution in [0, 0.1) is 6.92 Å². The number of nitrogens with one attached hydrogen (secondary N) is 1. The van der Waals surface area contributed by atoms with Crippen LogP contribution in [0.4, 0.5) is 17.3 Å². The lowest BCUT2D eigenvalue weighted by Crippen LogP contribution is -2.29. The number of pyridine rings is 2. The van der Waals surface area contributed by atoms with Gasteiger partial charge in [0.2, 0.25) is 0 Å². The third-order valence-corrected chi connectivity index (χ3v) is 6.48. The Kier molecular flexibility index (Phi) is 5.56. The van der Waals surface area contributed by atoms with E-state index in [4.69, 9.17) is 10.7 Å². The van der Waals surface area contributed by atoms with Gasteiger partial charge in [-0.2, -0.15) is 0 Å². The number of fused-ring (bicyclic) bond motifs is 1. The monoisotopic (exact) mass is 439 g/mol. The first kappa shape index (κ1) is 21.2. The van der Waals surface area contributed by atoms with Crippen molar-refractivity contribution in [3.05, 3.63) is 71.0 Å². The number of anilines is 3. The number of hydrogen-bond donors (Lipinski definition) is 2. The highest BCUT2D eigenvalue weighted by molar-refractivity contribution is 6.05. The molecular weight excluding hydrogens is 412 g/mol. The molecule has 2 aromatic heterocycles. The number of likely N-dealkylation sites (tertiary alicyclic amines) is 1. The van der Waals surface area contributed by atoms with Crippen LogP contribution >= 0.6 is 0 Å². The van der Waals surface area contributed by atoms with Crippen LogP contribution in [0.25, 0.3) is 17.3 Å². The van der Waals surface area contributed by atoms with E-state index in [1.807, 2.05) is 25.1 Å². The summed E-state index contributed by atoms with van der Waals surface area (Å²) in [4.78, 5) is 24.0. The SMILES string of the molecule is Cc1cc(N)ncc1-c1cc2c(c(Nc3ccc(C4CCN(C)CC4)cc3)n1)C(=O)[N]C=C2. The van der Waals surface area contributed by atoms with Gasteiger partial charge in [-0.05, 0) is 92.9 Å². The standard InChI is InChI=1S/C26H27N6O/c1-16-13-23(27)29-15-21(16)22-14-19-7-10-28-26(33)24(19)25(31-22)30-20-5-3-17(4-6-20)18-8-11-32(2)12-9-18/h3-7,10,13-15,18H,8-9,11-12H2,1-2H3,(H2,27,29)(H,30,31). The predicted octanol–water partition coefficient (Wildman–Crippen LogP) is 4.32. The lowest BCUT2D eigenvalue weighted by molar-refractivity contribution is 0.0965. The van der Waals surface area contributed by atoms with Crippen molar-refractivity contribution in [2.45, 2.75) is 25.7 Å². The van der Waals surface area contributed by atoms with Gasteiger partial charge in [-0.15, -0.1) is 0 Å². The van der Waals surface area contributed by atoms with E-state index in [9.17, 15) is 4.79 Å². The predicted molar refractivity (Wildman–Crippen MR) is 131 cm³/mol. The van der Waals surface area contributed by atoms with Gasteiger partial charge in [0.25, 0.3) is 5.91 Å². The highest BCUT2D eigenvalue weighted by atomic mass is 16.1. The van der Waals surface area contributed by atoms with Crippen molar-refractivity contribution in [3.8, 4) is 11.3 Å². The Bertz CT molecular complexity index is 1230. The zero-order chi connectivity index (χ0) is 22.9. The van der Waals surface area contributed by atoms with Crippen molar-refractivity contribution in [1.82, 2.24) is 20.2 Å². The highest BCUT2D eigenvalue weighted by Gasteiger charge is 2.23. The largest absolute Gasteiger partial charge is 0.384 e. The summed E-state index contributed by atoms with van der Waals surface area (Å²) in [5.41, 5.74) is 11.9. The molecule has 2 aliphatic rings. The summed E-state index contributed by atoms with van der Waals surface area (Å²) in [6, 6.07) is 12.2. The van der Waals surface area contributed by atoms with Crippen LogP contribution in [-0.4, -0.2) is 40.9 Å². The number of carbonyl (C=O) groups is 1. The summed E-state index contributed by atoms with van der Waals surface area (Å²) in [6.07, 6.45) is 7.44. The fourth-order valence-electron chi connectivity index (χ4n) is 4.56. The van der Waals surface area contributed by atoms with Gasteiger partial charge in [-0.3, -0.25) is 4.79 Å². The van der Waals surface area contributed by atoms with Gasteiger partial charge in [0.05, 0.1) is 11.3 Å². The van der Waals surface area contributed by atoms with E-state index in [1.54, 1.807) is 6.20 Å². The summed E-state index contributed by atoms with van der Waals surface area (Å²) in [5.74, 6) is 1.25. The van der Waals surface area contributed by atoms with Crippen molar-refractivity contribution >= 4 is 29.3 Å². The fourth-order valence-corrected chi connectivity index (χ4v) is 4.56. The lowest BCUT2D eigenvalue weighted by Gasteiger charge is -2.29. The molecule has 1 aromatic carbocycles. The number of hydrogen-bond acceptors (Lipinski definition) is 6. The molecule has 1 amide bonds. The van der Waals surface area contributed by atoms with Crippen LogP contribution < -0.4 is 16.4 Å². The second-order valence-corrected chi connectivity index (χ2v) is 8.82. The number of rotatable bonds is 4. The molecule has 4 heterocycles. The summed E-state index contributed by atoms with van der Waals surface area (Å²) < 4.78 is 0. The molecule has 1 saturated heterocycles. The zero-order valence-electron chi connectivity index (χ0n) is 18.9. The van der Waals surface area contributed by atoms with Crippen LogP contribution in [0.5, 0.6) is 0 Å². The van der Waals surface area contributed by atoms with Crippen molar-refractivity contribution in [1.29, 1.82) is 0 Å². The number of benzene rings is 1. The van der Waals surface area contributed by atoms with Gasteiger partial charge >= 0.3 is 0 Å². The van der Waals surface area contributed by atoms with E-state index in [2.05, 4.69) is 51.8 Å². The maximum Gasteiger partial charge on any atom is 0.281 e. The van der Waals surface area contributed by atoms with Crippen LogP contribution in [0.2, 0.25) is 0 Å². The molecule has 7 heteroatoms. The first-order valence-electron chi connectivity index (χ1n) is 11.2. The van der Waals surface area contributed by atoms with E-state index in [1.165, 1.54) is 24.6 Å². The Morgan fingerprint density at radius 2 is 1.88 bits per heavy atom. The molecule has 0 saturated carbocycles. The number of nitrogens with two attached hydrogens (primary N) is 1. The summed E-state index contributed by atoms with van der Waals surface area (Å²) >= 11 is 0. The maximum atomic E-state index is 12.6. The van der Waals surface area contributed by atoms with Crippen LogP contribution in [0.1, 0.15) is 45.8 Å². The molecule has 167 valence electrons. The number of amides is 1. The molecule has 3 N–H and O–H groups in total. The smallest absolute Gasteiger partial charge is 0.281 e. The number of piperidine rings is 1. The number of aromatic nitrogens is 2. The Labute approximate surface area is 193 Å². The summed E-state index contributed by atoms with van der Waals surface area (Å²) in [5, 5.41) is 7.32. The molecule has 1 radical (unpaired) electrons. The molecule has 33 heavy (non-hydrogen) atoms. The molecule has 0 aliphatic carbocycles. The Balaban J connectivity index is 1.48. The normalized spacial score (nSPS) is 16.4.